The number of ether oxygens (including phenoxy) is 4. The Morgan fingerprint density at radius 2 is 0.935 bits per heavy atom. The van der Waals surface area contributed by atoms with Gasteiger partial charge in [-0.25, -0.2) is 0 Å². The molecule has 0 amide bonds. The molecule has 3 heterocycles. The maximum absolute atomic E-state index is 7.49. The normalized spacial score (nSPS) is 47.0. The van der Waals surface area contributed by atoms with E-state index in [0.29, 0.717) is 25.4 Å². The number of hydrogen-bond acceptors (Lipinski definition) is 8. The van der Waals surface area contributed by atoms with Gasteiger partial charge in [-0.1, -0.05) is 24.3 Å². The minimum absolute atomic E-state index is 0.298. The van der Waals surface area contributed by atoms with Gasteiger partial charge in [0, 0.05) is 13.2 Å². The highest BCUT2D eigenvalue weighted by Crippen LogP contribution is 2.49. The van der Waals surface area contributed by atoms with E-state index in [-0.39, 0.29) is 0 Å². The first-order valence-electron chi connectivity index (χ1n) is 18.6. The van der Waals surface area contributed by atoms with Gasteiger partial charge in [0.05, 0.1) is 26.4 Å². The van der Waals surface area contributed by atoms with Crippen molar-refractivity contribution in [3.63, 3.8) is 0 Å². The monoisotopic (exact) mass is 708 g/mol. The predicted octanol–water partition coefficient (Wildman–Crippen LogP) is 7.17. The van der Waals surface area contributed by atoms with Crippen LogP contribution in [0.15, 0.2) is 24.3 Å². The fourth-order valence-corrected chi connectivity index (χ4v) is 32.8. The molecule has 3 saturated heterocycles. The standard InChI is InChI=1S/C34H60O8Si4/c1-43(15-5-13-35-23-33-25-37-33)39-45(3,17-11-31-21-27-7-9-29(31)19-27)41-44(2,16-6-14-36-24-34-26-38-34)42-46(4,40-43)18-12-32-22-28-8-10-30(32)20-28/h7-10,27-34H,5-6,11-26H2,1-4H3. The second-order valence-electron chi connectivity index (χ2n) is 16.4. The van der Waals surface area contributed by atoms with Crippen LogP contribution in [0.5, 0.6) is 0 Å². The summed E-state index contributed by atoms with van der Waals surface area (Å²) in [7, 11) is -10.5. The van der Waals surface area contributed by atoms with Crippen LogP contribution in [-0.4, -0.2) is 86.1 Å². The second-order valence-corrected chi connectivity index (χ2v) is 30.7. The number of hydrogen-bond donors (Lipinski definition) is 0. The highest BCUT2D eigenvalue weighted by atomic mass is 28.5. The van der Waals surface area contributed by atoms with Crippen molar-refractivity contribution in [2.24, 2.45) is 35.5 Å². The fourth-order valence-electron chi connectivity index (χ4n) is 9.42. The van der Waals surface area contributed by atoms with Crippen molar-refractivity contribution in [1.82, 2.24) is 0 Å². The molecule has 0 radical (unpaired) electrons. The summed E-state index contributed by atoms with van der Waals surface area (Å²) in [6, 6.07) is 3.87. The Kier molecular flexibility index (Phi) is 10.7. The van der Waals surface area contributed by atoms with Crippen LogP contribution in [0.1, 0.15) is 51.4 Å². The summed E-state index contributed by atoms with van der Waals surface area (Å²) in [6.45, 7) is 13.8. The molecule has 46 heavy (non-hydrogen) atoms. The molecule has 0 spiro atoms. The van der Waals surface area contributed by atoms with Crippen molar-refractivity contribution >= 4 is 34.2 Å². The van der Waals surface area contributed by atoms with Gasteiger partial charge in [0.25, 0.3) is 0 Å². The number of fused-ring (bicyclic) bond motifs is 4. The molecule has 3 aliphatic heterocycles. The van der Waals surface area contributed by atoms with Crippen LogP contribution in [0.3, 0.4) is 0 Å². The molecule has 8 atom stereocenters. The summed E-state index contributed by atoms with van der Waals surface area (Å²) in [5.74, 6) is 4.57. The SMILES string of the molecule is C[Si]1(CCCOCC2CO2)O[Si](C)(CCC2CC3C=CC2C3)O[Si](C)(CCCOCC2CO2)O[Si](C)(CCC2CC3C=CC2C3)O1. The minimum Gasteiger partial charge on any atom is -0.416 e. The molecule has 8 unspecified atom stereocenters. The van der Waals surface area contributed by atoms with Crippen molar-refractivity contribution in [2.45, 2.75) is 114 Å². The first-order valence-corrected chi connectivity index (χ1v) is 28.7. The summed E-state index contributed by atoms with van der Waals surface area (Å²) in [5.41, 5.74) is 0. The zero-order valence-corrected chi connectivity index (χ0v) is 32.9. The van der Waals surface area contributed by atoms with E-state index in [0.717, 1.165) is 99.0 Å². The molecule has 0 aromatic rings. The Morgan fingerprint density at radius 3 is 1.26 bits per heavy atom. The maximum atomic E-state index is 7.49. The Hall–Kier alpha value is 0.0275. The molecular weight excluding hydrogens is 649 g/mol. The lowest BCUT2D eigenvalue weighted by Gasteiger charge is -2.51. The van der Waals surface area contributed by atoms with E-state index in [1.807, 2.05) is 0 Å². The molecule has 4 bridgehead atoms. The molecule has 8 nitrogen and oxygen atoms in total. The quantitative estimate of drug-likeness (QED) is 0.0642. The molecule has 0 aromatic heterocycles. The Morgan fingerprint density at radius 1 is 0.543 bits per heavy atom. The number of rotatable bonds is 18. The van der Waals surface area contributed by atoms with E-state index in [9.17, 15) is 0 Å². The van der Waals surface area contributed by atoms with E-state index in [2.05, 4.69) is 50.5 Å². The first-order chi connectivity index (χ1) is 22.1. The van der Waals surface area contributed by atoms with Crippen molar-refractivity contribution in [1.29, 1.82) is 0 Å². The van der Waals surface area contributed by atoms with E-state index in [4.69, 9.17) is 35.4 Å². The third-order valence-corrected chi connectivity index (χ3v) is 30.5. The highest BCUT2D eigenvalue weighted by Gasteiger charge is 2.57. The van der Waals surface area contributed by atoms with Gasteiger partial charge in [-0.2, -0.15) is 0 Å². The predicted molar refractivity (Wildman–Crippen MR) is 187 cm³/mol. The van der Waals surface area contributed by atoms with Gasteiger partial charge in [0.1, 0.15) is 12.2 Å². The van der Waals surface area contributed by atoms with Gasteiger partial charge >= 0.3 is 34.2 Å². The van der Waals surface area contributed by atoms with Gasteiger partial charge in [-0.05, 0) is 137 Å². The van der Waals surface area contributed by atoms with E-state index < -0.39 is 34.2 Å². The lowest BCUT2D eigenvalue weighted by molar-refractivity contribution is 0.114. The summed E-state index contributed by atoms with van der Waals surface area (Å²) >= 11 is 0. The first kappa shape index (κ1) is 34.5. The van der Waals surface area contributed by atoms with Gasteiger partial charge in [0.2, 0.25) is 0 Å². The second kappa shape index (κ2) is 14.3. The summed E-state index contributed by atoms with van der Waals surface area (Å²) in [6.07, 6.45) is 20.1. The van der Waals surface area contributed by atoms with Crippen molar-refractivity contribution in [3.05, 3.63) is 24.3 Å². The van der Waals surface area contributed by atoms with Gasteiger partial charge in [0.15, 0.2) is 0 Å². The molecule has 7 aliphatic rings. The number of epoxide rings is 2. The molecule has 12 heteroatoms. The Bertz CT molecular complexity index is 1000. The third kappa shape index (κ3) is 9.22. The molecular formula is C34H60O8Si4. The molecule has 0 N–H and O–H groups in total. The van der Waals surface area contributed by atoms with Gasteiger partial charge in [-0.15, -0.1) is 0 Å². The lowest BCUT2D eigenvalue weighted by Crippen LogP contribution is -2.67. The zero-order chi connectivity index (χ0) is 31.8. The molecule has 4 aliphatic carbocycles. The average molecular weight is 709 g/mol. The van der Waals surface area contributed by atoms with E-state index >= 15 is 0 Å². The van der Waals surface area contributed by atoms with Crippen molar-refractivity contribution in [3.8, 4) is 0 Å². The third-order valence-electron chi connectivity index (χ3n) is 11.7. The maximum Gasteiger partial charge on any atom is 0.317 e. The topological polar surface area (TPSA) is 80.4 Å². The minimum atomic E-state index is -2.63. The summed E-state index contributed by atoms with van der Waals surface area (Å²) < 4.78 is 52.6. The number of allylic oxidation sites excluding steroid dienone is 4. The van der Waals surface area contributed by atoms with E-state index in [1.165, 1.54) is 38.5 Å². The van der Waals surface area contributed by atoms with Crippen LogP contribution in [-0.2, 0) is 35.4 Å². The summed E-state index contributed by atoms with van der Waals surface area (Å²) in [5, 5.41) is 0. The molecule has 0 aromatic carbocycles. The van der Waals surface area contributed by atoms with Crippen LogP contribution in [0.2, 0.25) is 50.4 Å². The van der Waals surface area contributed by atoms with Crippen LogP contribution in [0.25, 0.3) is 0 Å². The highest BCUT2D eigenvalue weighted by molar-refractivity contribution is 6.93. The zero-order valence-electron chi connectivity index (χ0n) is 28.9. The Labute approximate surface area is 282 Å². The average Bonchev–Trinajstić information content (AvgIpc) is 3.80. The molecule has 5 fully saturated rings. The Balaban J connectivity index is 1.06. The van der Waals surface area contributed by atoms with E-state index in [1.54, 1.807) is 0 Å². The summed E-state index contributed by atoms with van der Waals surface area (Å²) in [4.78, 5) is 0. The largest absolute Gasteiger partial charge is 0.416 e. The molecule has 2 saturated carbocycles. The van der Waals surface area contributed by atoms with Crippen LogP contribution >= 0.6 is 0 Å². The lowest BCUT2D eigenvalue weighted by atomic mass is 9.91. The van der Waals surface area contributed by atoms with Crippen molar-refractivity contribution in [2.75, 3.05) is 39.6 Å². The molecule has 260 valence electrons. The van der Waals surface area contributed by atoms with Crippen LogP contribution in [0, 0.1) is 35.5 Å². The van der Waals surface area contributed by atoms with Crippen molar-refractivity contribution < 1.29 is 35.4 Å². The van der Waals surface area contributed by atoms with Gasteiger partial charge < -0.3 is 35.4 Å². The van der Waals surface area contributed by atoms with Gasteiger partial charge in [-0.3, -0.25) is 0 Å². The smallest absolute Gasteiger partial charge is 0.317 e. The molecule has 7 rings (SSSR count). The van der Waals surface area contributed by atoms with Crippen LogP contribution < -0.4 is 0 Å². The van der Waals surface area contributed by atoms with Crippen LogP contribution in [0.4, 0.5) is 0 Å². The fraction of sp³-hybridized carbons (Fsp3) is 0.882.